The Labute approximate surface area is 363 Å². The van der Waals surface area contributed by atoms with Gasteiger partial charge in [0.2, 0.25) is 0 Å². The van der Waals surface area contributed by atoms with Crippen LogP contribution in [0.2, 0.25) is 0 Å². The lowest BCUT2D eigenvalue weighted by molar-refractivity contribution is 0.445. The number of furan rings is 1. The van der Waals surface area contributed by atoms with Crippen LogP contribution in [0, 0.1) is 0 Å². The monoisotopic (exact) mass is 797 g/mol. The zero-order valence-electron chi connectivity index (χ0n) is 35.0. The molecule has 1 atom stereocenters. The maximum absolute atomic E-state index is 6.41. The van der Waals surface area contributed by atoms with Crippen LogP contribution in [0.15, 0.2) is 205 Å². The third kappa shape index (κ3) is 5.77. The van der Waals surface area contributed by atoms with Gasteiger partial charge in [0.15, 0.2) is 0 Å². The van der Waals surface area contributed by atoms with Crippen molar-refractivity contribution in [1.29, 1.82) is 0 Å². The van der Waals surface area contributed by atoms with E-state index in [-0.39, 0.29) is 5.41 Å². The second-order valence-electron chi connectivity index (χ2n) is 17.5. The standard InChI is InChI=1S/C60H47NO/c1-60(43-22-6-3-7-23-43)53-30-12-8-25-47(53)48-36-34-42(38-54(48)60)45-24-9-13-31-55(45)61(44-35-37-58-52(39-44)50-27-11-15-33-57(50)62-58)56-32-14-10-26-49(56)51-29-17-21-41-20-16-28-46(59(41)51)40-18-4-2-5-19-40/h3,6-17,20-40H,2,4-5,18-19H2,1H3. The van der Waals surface area contributed by atoms with Crippen LogP contribution in [0.25, 0.3) is 66.1 Å². The lowest BCUT2D eigenvalue weighted by atomic mass is 9.74. The third-order valence-corrected chi connectivity index (χ3v) is 14.2. The zero-order valence-corrected chi connectivity index (χ0v) is 35.0. The Morgan fingerprint density at radius 2 is 1.11 bits per heavy atom. The summed E-state index contributed by atoms with van der Waals surface area (Å²) in [5.41, 5.74) is 17.8. The van der Waals surface area contributed by atoms with E-state index in [1.165, 1.54) is 98.5 Å². The summed E-state index contributed by atoms with van der Waals surface area (Å²) >= 11 is 0. The molecule has 0 radical (unpaired) electrons. The van der Waals surface area contributed by atoms with Gasteiger partial charge in [0.1, 0.15) is 11.2 Å². The molecule has 1 heterocycles. The molecule has 10 aromatic rings. The van der Waals surface area contributed by atoms with E-state index in [1.54, 1.807) is 0 Å². The fourth-order valence-electron chi connectivity index (χ4n) is 11.2. The highest BCUT2D eigenvalue weighted by molar-refractivity contribution is 6.08. The van der Waals surface area contributed by atoms with E-state index in [9.17, 15) is 0 Å². The number of para-hydroxylation sites is 3. The SMILES string of the molecule is CC1(c2ccccc2)c2ccccc2-c2ccc(-c3ccccc3N(c3ccc4oc5ccccc5c4c3)c3ccccc3-c3cccc4cccc(C5CCCCC5)c34)cc21. The van der Waals surface area contributed by atoms with E-state index in [2.05, 4.69) is 206 Å². The highest BCUT2D eigenvalue weighted by atomic mass is 16.3. The van der Waals surface area contributed by atoms with Gasteiger partial charge in [0.05, 0.1) is 11.4 Å². The van der Waals surface area contributed by atoms with Crippen molar-refractivity contribution in [3.63, 3.8) is 0 Å². The first-order chi connectivity index (χ1) is 30.6. The van der Waals surface area contributed by atoms with Gasteiger partial charge in [0, 0.05) is 33.0 Å². The summed E-state index contributed by atoms with van der Waals surface area (Å²) in [6.45, 7) is 2.40. The van der Waals surface area contributed by atoms with Gasteiger partial charge in [-0.15, -0.1) is 0 Å². The van der Waals surface area contributed by atoms with Crippen molar-refractivity contribution in [2.45, 2.75) is 50.4 Å². The molecule has 0 N–H and O–H groups in total. The molecule has 1 fully saturated rings. The average Bonchev–Trinajstić information content (AvgIpc) is 3.84. The number of nitrogens with zero attached hydrogens (tertiary/aromatic N) is 1. The van der Waals surface area contributed by atoms with Crippen molar-refractivity contribution in [2.75, 3.05) is 4.90 Å². The number of benzene rings is 9. The Morgan fingerprint density at radius 3 is 1.95 bits per heavy atom. The average molecular weight is 798 g/mol. The van der Waals surface area contributed by atoms with Crippen LogP contribution in [0.1, 0.15) is 67.2 Å². The molecule has 62 heavy (non-hydrogen) atoms. The van der Waals surface area contributed by atoms with Gasteiger partial charge >= 0.3 is 0 Å². The zero-order chi connectivity index (χ0) is 41.2. The van der Waals surface area contributed by atoms with Crippen LogP contribution in [0.3, 0.4) is 0 Å². The quantitative estimate of drug-likeness (QED) is 0.160. The smallest absolute Gasteiger partial charge is 0.135 e. The Bertz CT molecular complexity index is 3310. The number of hydrogen-bond acceptors (Lipinski definition) is 2. The van der Waals surface area contributed by atoms with Crippen LogP contribution >= 0.6 is 0 Å². The lowest BCUT2D eigenvalue weighted by Gasteiger charge is -2.31. The minimum absolute atomic E-state index is 0.303. The van der Waals surface area contributed by atoms with Gasteiger partial charge in [-0.05, 0) is 123 Å². The molecule has 2 aliphatic rings. The van der Waals surface area contributed by atoms with Crippen molar-refractivity contribution in [2.24, 2.45) is 0 Å². The summed E-state index contributed by atoms with van der Waals surface area (Å²) in [6.07, 6.45) is 6.44. The highest BCUT2D eigenvalue weighted by Crippen LogP contribution is 2.54. The fourth-order valence-corrected chi connectivity index (χ4v) is 11.2. The highest BCUT2D eigenvalue weighted by Gasteiger charge is 2.41. The first-order valence-electron chi connectivity index (χ1n) is 22.4. The van der Waals surface area contributed by atoms with Crippen LogP contribution in [-0.2, 0) is 5.41 Å². The van der Waals surface area contributed by atoms with E-state index in [0.29, 0.717) is 5.92 Å². The van der Waals surface area contributed by atoms with Crippen LogP contribution in [-0.4, -0.2) is 0 Å². The molecule has 298 valence electrons. The Kier molecular flexibility index (Phi) is 8.74. The summed E-state index contributed by atoms with van der Waals surface area (Å²) < 4.78 is 6.41. The van der Waals surface area contributed by atoms with Crippen LogP contribution in [0.4, 0.5) is 17.1 Å². The summed E-state index contributed by atoms with van der Waals surface area (Å²) in [5, 5.41) is 4.92. The normalized spacial score (nSPS) is 16.1. The molecule has 0 amide bonds. The first kappa shape index (κ1) is 36.7. The summed E-state index contributed by atoms with van der Waals surface area (Å²) in [6, 6.07) is 74.2. The maximum atomic E-state index is 6.41. The van der Waals surface area contributed by atoms with Gasteiger partial charge in [-0.25, -0.2) is 0 Å². The Balaban J connectivity index is 1.10. The molecule has 1 saturated carbocycles. The summed E-state index contributed by atoms with van der Waals surface area (Å²) in [5.74, 6) is 0.571. The molecule has 0 saturated heterocycles. The molecular weight excluding hydrogens is 751 g/mol. The minimum Gasteiger partial charge on any atom is -0.456 e. The van der Waals surface area contributed by atoms with Crippen LogP contribution < -0.4 is 4.90 Å². The molecule has 0 bridgehead atoms. The minimum atomic E-state index is -0.303. The predicted molar refractivity (Wildman–Crippen MR) is 260 cm³/mol. The van der Waals surface area contributed by atoms with Crippen molar-refractivity contribution < 1.29 is 4.42 Å². The topological polar surface area (TPSA) is 16.4 Å². The van der Waals surface area contributed by atoms with Gasteiger partial charge in [0.25, 0.3) is 0 Å². The van der Waals surface area contributed by atoms with Gasteiger partial charge in [-0.2, -0.15) is 0 Å². The largest absolute Gasteiger partial charge is 0.456 e. The number of hydrogen-bond donors (Lipinski definition) is 0. The number of anilines is 3. The molecule has 1 aromatic heterocycles. The van der Waals surface area contributed by atoms with E-state index in [4.69, 9.17) is 4.42 Å². The second kappa shape index (κ2) is 14.8. The van der Waals surface area contributed by atoms with E-state index >= 15 is 0 Å². The Morgan fingerprint density at radius 1 is 0.468 bits per heavy atom. The van der Waals surface area contributed by atoms with Gasteiger partial charge in [-0.1, -0.05) is 177 Å². The van der Waals surface area contributed by atoms with Gasteiger partial charge in [-0.3, -0.25) is 0 Å². The summed E-state index contributed by atoms with van der Waals surface area (Å²) in [4.78, 5) is 2.51. The van der Waals surface area contributed by atoms with Crippen molar-refractivity contribution in [3.05, 3.63) is 222 Å². The summed E-state index contributed by atoms with van der Waals surface area (Å²) in [7, 11) is 0. The maximum Gasteiger partial charge on any atom is 0.135 e. The molecule has 12 rings (SSSR count). The molecule has 2 aliphatic carbocycles. The number of fused-ring (bicyclic) bond motifs is 7. The van der Waals surface area contributed by atoms with E-state index in [0.717, 1.165) is 39.0 Å². The molecule has 0 spiro atoms. The van der Waals surface area contributed by atoms with Gasteiger partial charge < -0.3 is 9.32 Å². The molecule has 0 aliphatic heterocycles. The Hall–Kier alpha value is -7.16. The van der Waals surface area contributed by atoms with Crippen molar-refractivity contribution in [1.82, 2.24) is 0 Å². The molecule has 2 heteroatoms. The molecule has 9 aromatic carbocycles. The number of rotatable bonds is 7. The molecule has 1 unspecified atom stereocenters. The van der Waals surface area contributed by atoms with Crippen molar-refractivity contribution >= 4 is 49.8 Å². The van der Waals surface area contributed by atoms with E-state index in [1.807, 2.05) is 6.07 Å². The molecular formula is C60H47NO. The van der Waals surface area contributed by atoms with E-state index < -0.39 is 0 Å². The second-order valence-corrected chi connectivity index (χ2v) is 17.5. The predicted octanol–water partition coefficient (Wildman–Crippen LogP) is 16.9. The lowest BCUT2D eigenvalue weighted by Crippen LogP contribution is -2.22. The third-order valence-electron chi connectivity index (χ3n) is 14.2. The van der Waals surface area contributed by atoms with Crippen LogP contribution in [0.5, 0.6) is 0 Å². The fraction of sp³-hybridized carbons (Fsp3) is 0.133. The van der Waals surface area contributed by atoms with Crippen molar-refractivity contribution in [3.8, 4) is 33.4 Å². The first-order valence-corrected chi connectivity index (χ1v) is 22.4. The molecule has 2 nitrogen and oxygen atoms in total.